The van der Waals surface area contributed by atoms with Crippen LogP contribution in [0.25, 0.3) is 0 Å². The van der Waals surface area contributed by atoms with Gasteiger partial charge in [0.2, 0.25) is 0 Å². The van der Waals surface area contributed by atoms with Crippen LogP contribution in [-0.2, 0) is 10.0 Å². The summed E-state index contributed by atoms with van der Waals surface area (Å²) in [5.41, 5.74) is 7.67. The summed E-state index contributed by atoms with van der Waals surface area (Å²) in [4.78, 5) is 4.01. The van der Waals surface area contributed by atoms with E-state index in [1.54, 1.807) is 20.8 Å². The first-order valence-corrected chi connectivity index (χ1v) is 7.83. The Kier molecular flexibility index (Phi) is 4.02. The number of halogens is 1. The monoisotopic (exact) mass is 327 g/mol. The molecule has 112 valence electrons. The smallest absolute Gasteiger partial charge is 0.264 e. The molecule has 0 aliphatic carbocycles. The average molecular weight is 328 g/mol. The highest BCUT2D eigenvalue weighted by Gasteiger charge is 2.18. The van der Waals surface area contributed by atoms with Crippen LogP contribution in [-0.4, -0.2) is 23.6 Å². The molecule has 0 radical (unpaired) electrons. The number of nitrogen functional groups attached to an aromatic ring is 1. The number of nitrogens with two attached hydrogens (primary N) is 1. The SMILES string of the molecule is Cc1cc(S(=O)(=O)Nc2nnc(C)c(C)n2)cc(N)c1Cl. The highest BCUT2D eigenvalue weighted by molar-refractivity contribution is 7.92. The lowest BCUT2D eigenvalue weighted by Crippen LogP contribution is -2.17. The number of aromatic nitrogens is 3. The predicted molar refractivity (Wildman–Crippen MR) is 80.7 cm³/mol. The lowest BCUT2D eigenvalue weighted by Gasteiger charge is -2.10. The molecule has 0 saturated carbocycles. The minimum atomic E-state index is -3.86. The molecule has 7 nitrogen and oxygen atoms in total. The van der Waals surface area contributed by atoms with Gasteiger partial charge in [-0.05, 0) is 38.5 Å². The van der Waals surface area contributed by atoms with E-state index in [1.807, 2.05) is 0 Å². The Balaban J connectivity index is 2.40. The van der Waals surface area contributed by atoms with Gasteiger partial charge in [-0.15, -0.1) is 5.10 Å². The molecule has 2 aromatic rings. The van der Waals surface area contributed by atoms with Crippen molar-refractivity contribution >= 4 is 33.3 Å². The standard InChI is InChI=1S/C12H14ClN5O2S/c1-6-4-9(5-10(14)11(6)13)21(19,20)18-12-15-7(2)8(3)16-17-12/h4-5H,14H2,1-3H3,(H,15,17,18). The first kappa shape index (κ1) is 15.5. The lowest BCUT2D eigenvalue weighted by atomic mass is 10.2. The van der Waals surface area contributed by atoms with Crippen LogP contribution in [0.15, 0.2) is 17.0 Å². The maximum absolute atomic E-state index is 12.3. The van der Waals surface area contributed by atoms with Crippen LogP contribution in [0, 0.1) is 20.8 Å². The van der Waals surface area contributed by atoms with E-state index in [4.69, 9.17) is 17.3 Å². The van der Waals surface area contributed by atoms with Crippen LogP contribution >= 0.6 is 11.6 Å². The molecular formula is C12H14ClN5O2S. The molecule has 1 aromatic heterocycles. The molecule has 0 bridgehead atoms. The fourth-order valence-electron chi connectivity index (χ4n) is 1.60. The number of anilines is 2. The third-order valence-electron chi connectivity index (χ3n) is 2.88. The Morgan fingerprint density at radius 1 is 1.14 bits per heavy atom. The van der Waals surface area contributed by atoms with Crippen LogP contribution in [0.4, 0.5) is 11.6 Å². The topological polar surface area (TPSA) is 111 Å². The lowest BCUT2D eigenvalue weighted by molar-refractivity contribution is 0.600. The van der Waals surface area contributed by atoms with Crippen LogP contribution in [0.1, 0.15) is 17.0 Å². The third-order valence-corrected chi connectivity index (χ3v) is 4.71. The van der Waals surface area contributed by atoms with E-state index >= 15 is 0 Å². The number of benzene rings is 1. The maximum atomic E-state index is 12.3. The van der Waals surface area contributed by atoms with Gasteiger partial charge in [0.1, 0.15) is 0 Å². The van der Waals surface area contributed by atoms with E-state index in [2.05, 4.69) is 19.9 Å². The summed E-state index contributed by atoms with van der Waals surface area (Å²) in [5, 5.41) is 7.86. The minimum absolute atomic E-state index is 0.0104. The summed E-state index contributed by atoms with van der Waals surface area (Å²) in [6.07, 6.45) is 0. The van der Waals surface area contributed by atoms with E-state index in [-0.39, 0.29) is 16.5 Å². The maximum Gasteiger partial charge on any atom is 0.264 e. The zero-order chi connectivity index (χ0) is 15.8. The molecule has 0 saturated heterocycles. The molecular weight excluding hydrogens is 314 g/mol. The largest absolute Gasteiger partial charge is 0.397 e. The summed E-state index contributed by atoms with van der Waals surface area (Å²) >= 11 is 5.92. The van der Waals surface area contributed by atoms with Crippen molar-refractivity contribution in [3.05, 3.63) is 34.1 Å². The molecule has 0 aliphatic heterocycles. The molecule has 0 spiro atoms. The fourth-order valence-corrected chi connectivity index (χ4v) is 2.76. The number of nitrogens with one attached hydrogen (secondary N) is 1. The Morgan fingerprint density at radius 2 is 1.81 bits per heavy atom. The van der Waals surface area contributed by atoms with Gasteiger partial charge in [-0.25, -0.2) is 18.1 Å². The van der Waals surface area contributed by atoms with Gasteiger partial charge in [0.05, 0.1) is 27.0 Å². The Labute approximate surface area is 127 Å². The number of sulfonamides is 1. The van der Waals surface area contributed by atoms with Gasteiger partial charge >= 0.3 is 0 Å². The molecule has 0 amide bonds. The summed E-state index contributed by atoms with van der Waals surface area (Å²) in [6, 6.07) is 2.71. The van der Waals surface area contributed by atoms with Crippen LogP contribution in [0.5, 0.6) is 0 Å². The first-order valence-electron chi connectivity index (χ1n) is 5.97. The number of rotatable bonds is 3. The zero-order valence-corrected chi connectivity index (χ0v) is 13.2. The predicted octanol–water partition coefficient (Wildman–Crippen LogP) is 1.83. The van der Waals surface area contributed by atoms with Crippen molar-refractivity contribution in [2.24, 2.45) is 0 Å². The second-order valence-corrected chi connectivity index (χ2v) is 6.62. The Hall–Kier alpha value is -1.93. The van der Waals surface area contributed by atoms with Crippen molar-refractivity contribution in [1.29, 1.82) is 0 Å². The molecule has 2 rings (SSSR count). The molecule has 0 unspecified atom stereocenters. The number of aryl methyl sites for hydroxylation is 3. The second-order valence-electron chi connectivity index (χ2n) is 4.56. The van der Waals surface area contributed by atoms with E-state index in [0.717, 1.165) is 0 Å². The molecule has 1 aromatic carbocycles. The first-order chi connectivity index (χ1) is 9.70. The van der Waals surface area contributed by atoms with Gasteiger partial charge in [-0.2, -0.15) is 5.10 Å². The number of hydrogen-bond donors (Lipinski definition) is 2. The van der Waals surface area contributed by atoms with Crippen LogP contribution in [0.2, 0.25) is 5.02 Å². The van der Waals surface area contributed by atoms with Crippen LogP contribution < -0.4 is 10.5 Å². The fraction of sp³-hybridized carbons (Fsp3) is 0.250. The van der Waals surface area contributed by atoms with Crippen molar-refractivity contribution in [1.82, 2.24) is 15.2 Å². The van der Waals surface area contributed by atoms with Gasteiger partial charge in [-0.1, -0.05) is 11.6 Å². The third kappa shape index (κ3) is 3.22. The molecule has 1 heterocycles. The molecule has 0 fully saturated rings. The van der Waals surface area contributed by atoms with Gasteiger partial charge in [0, 0.05) is 0 Å². The van der Waals surface area contributed by atoms with E-state index in [1.165, 1.54) is 12.1 Å². The zero-order valence-electron chi connectivity index (χ0n) is 11.7. The molecule has 0 atom stereocenters. The van der Waals surface area contributed by atoms with Crippen molar-refractivity contribution in [3.8, 4) is 0 Å². The van der Waals surface area contributed by atoms with E-state index < -0.39 is 10.0 Å². The normalized spacial score (nSPS) is 11.4. The average Bonchev–Trinajstić information content (AvgIpc) is 2.39. The summed E-state index contributed by atoms with van der Waals surface area (Å²) in [6.45, 7) is 5.12. The van der Waals surface area contributed by atoms with Gasteiger partial charge < -0.3 is 5.73 Å². The highest BCUT2D eigenvalue weighted by Crippen LogP contribution is 2.27. The van der Waals surface area contributed by atoms with Crippen molar-refractivity contribution < 1.29 is 8.42 Å². The minimum Gasteiger partial charge on any atom is -0.397 e. The highest BCUT2D eigenvalue weighted by atomic mass is 35.5. The van der Waals surface area contributed by atoms with E-state index in [9.17, 15) is 8.42 Å². The quantitative estimate of drug-likeness (QED) is 0.832. The van der Waals surface area contributed by atoms with Crippen molar-refractivity contribution in [2.45, 2.75) is 25.7 Å². The molecule has 9 heteroatoms. The summed E-state index contributed by atoms with van der Waals surface area (Å²) in [5.74, 6) is -0.0933. The van der Waals surface area contributed by atoms with Crippen LogP contribution in [0.3, 0.4) is 0 Å². The second kappa shape index (κ2) is 5.45. The molecule has 0 aliphatic rings. The molecule has 3 N–H and O–H groups in total. The van der Waals surface area contributed by atoms with Gasteiger partial charge in [0.15, 0.2) is 0 Å². The van der Waals surface area contributed by atoms with Crippen molar-refractivity contribution in [3.63, 3.8) is 0 Å². The Morgan fingerprint density at radius 3 is 2.38 bits per heavy atom. The Bertz CT molecular complexity index is 784. The van der Waals surface area contributed by atoms with Crippen molar-refractivity contribution in [2.75, 3.05) is 10.5 Å². The van der Waals surface area contributed by atoms with E-state index in [0.29, 0.717) is 22.0 Å². The number of hydrogen-bond acceptors (Lipinski definition) is 6. The summed E-state index contributed by atoms with van der Waals surface area (Å²) in [7, 11) is -3.86. The number of nitrogens with zero attached hydrogens (tertiary/aromatic N) is 3. The van der Waals surface area contributed by atoms with Gasteiger partial charge in [0.25, 0.3) is 16.0 Å². The molecule has 21 heavy (non-hydrogen) atoms. The summed E-state index contributed by atoms with van der Waals surface area (Å²) < 4.78 is 26.9. The van der Waals surface area contributed by atoms with Gasteiger partial charge in [-0.3, -0.25) is 0 Å².